The number of amidine groups is 1. The van der Waals surface area contributed by atoms with Crippen LogP contribution in [-0.4, -0.2) is 24.1 Å². The Morgan fingerprint density at radius 2 is 2.29 bits per heavy atom. The van der Waals surface area contributed by atoms with Crippen LogP contribution in [-0.2, 0) is 0 Å². The maximum Gasteiger partial charge on any atom is 0.139 e. The summed E-state index contributed by atoms with van der Waals surface area (Å²) in [5, 5.41) is 14.8. The zero-order valence-electron chi connectivity index (χ0n) is 8.71. The predicted molar refractivity (Wildman–Crippen MR) is 57.4 cm³/mol. The Kier molecular flexibility index (Phi) is 3.52. The Labute approximate surface area is 84.9 Å². The lowest BCUT2D eigenvalue weighted by molar-refractivity contribution is 0.314. The normalized spacial score (nSPS) is 19.4. The summed E-state index contributed by atoms with van der Waals surface area (Å²) in [5.41, 5.74) is 6.86. The third-order valence-electron chi connectivity index (χ3n) is 2.57. The van der Waals surface area contributed by atoms with Crippen molar-refractivity contribution in [2.45, 2.75) is 26.2 Å². The molecule has 4 nitrogen and oxygen atoms in total. The quantitative estimate of drug-likeness (QED) is 0.196. The fraction of sp³-hybridized carbons (Fsp3) is 0.700. The van der Waals surface area contributed by atoms with Crippen molar-refractivity contribution in [3.05, 3.63) is 12.2 Å². The van der Waals surface area contributed by atoms with E-state index in [1.54, 1.807) is 0 Å². The number of oxime groups is 1. The largest absolute Gasteiger partial charge is 0.409 e. The zero-order valence-corrected chi connectivity index (χ0v) is 8.71. The van der Waals surface area contributed by atoms with Crippen molar-refractivity contribution in [2.24, 2.45) is 16.3 Å². The van der Waals surface area contributed by atoms with Gasteiger partial charge >= 0.3 is 0 Å². The molecule has 0 radical (unpaired) electrons. The highest BCUT2D eigenvalue weighted by Crippen LogP contribution is 2.48. The molecular weight excluding hydrogens is 178 g/mol. The molecule has 0 aromatic heterocycles. The van der Waals surface area contributed by atoms with E-state index in [1.165, 1.54) is 0 Å². The highest BCUT2D eigenvalue weighted by Gasteiger charge is 2.42. The van der Waals surface area contributed by atoms with Crippen molar-refractivity contribution in [3.63, 3.8) is 0 Å². The number of nitrogens with one attached hydrogen (secondary N) is 1. The van der Waals surface area contributed by atoms with E-state index in [2.05, 4.69) is 17.1 Å². The van der Waals surface area contributed by atoms with Gasteiger partial charge in [0.2, 0.25) is 0 Å². The summed E-state index contributed by atoms with van der Waals surface area (Å²) >= 11 is 0. The first kappa shape index (κ1) is 11.0. The summed E-state index contributed by atoms with van der Waals surface area (Å²) < 4.78 is 0. The molecule has 0 unspecified atom stereocenters. The summed E-state index contributed by atoms with van der Waals surface area (Å²) in [7, 11) is 0. The lowest BCUT2D eigenvalue weighted by atomic mass is 10.0. The fourth-order valence-electron chi connectivity index (χ4n) is 1.55. The van der Waals surface area contributed by atoms with Gasteiger partial charge in [-0.25, -0.2) is 0 Å². The summed E-state index contributed by atoms with van der Waals surface area (Å²) in [5.74, 6) is 0.333. The molecule has 0 bridgehead atoms. The molecule has 4 heteroatoms. The van der Waals surface area contributed by atoms with Crippen LogP contribution in [0.3, 0.4) is 0 Å². The number of hydrogen-bond acceptors (Lipinski definition) is 3. The molecule has 0 aromatic carbocycles. The van der Waals surface area contributed by atoms with Crippen molar-refractivity contribution in [2.75, 3.05) is 13.1 Å². The van der Waals surface area contributed by atoms with Crippen LogP contribution in [0.1, 0.15) is 26.2 Å². The van der Waals surface area contributed by atoms with Gasteiger partial charge in [-0.05, 0) is 25.2 Å². The third kappa shape index (κ3) is 3.38. The van der Waals surface area contributed by atoms with Gasteiger partial charge in [0.25, 0.3) is 0 Å². The van der Waals surface area contributed by atoms with Gasteiger partial charge in [0.1, 0.15) is 5.84 Å². The van der Waals surface area contributed by atoms with Crippen molar-refractivity contribution in [1.29, 1.82) is 0 Å². The molecule has 0 saturated heterocycles. The topological polar surface area (TPSA) is 70.6 Å². The molecule has 1 saturated carbocycles. The number of nitrogens with two attached hydrogens (primary N) is 1. The van der Waals surface area contributed by atoms with E-state index in [9.17, 15) is 0 Å². The van der Waals surface area contributed by atoms with Crippen LogP contribution in [0.25, 0.3) is 0 Å². The molecule has 80 valence electrons. The van der Waals surface area contributed by atoms with Gasteiger partial charge in [-0.15, -0.1) is 0 Å². The lowest BCUT2D eigenvalue weighted by Gasteiger charge is -2.14. The number of rotatable bonds is 6. The zero-order chi connectivity index (χ0) is 10.6. The number of nitrogens with zero attached hydrogens (tertiary/aromatic N) is 1. The third-order valence-corrected chi connectivity index (χ3v) is 2.57. The molecule has 0 aromatic rings. The van der Waals surface area contributed by atoms with Gasteiger partial charge in [0.15, 0.2) is 0 Å². The maximum atomic E-state index is 8.47. The van der Waals surface area contributed by atoms with Crippen LogP contribution in [0, 0.1) is 5.41 Å². The van der Waals surface area contributed by atoms with Crippen LogP contribution in [0.5, 0.6) is 0 Å². The van der Waals surface area contributed by atoms with Crippen LogP contribution in [0.15, 0.2) is 17.3 Å². The Morgan fingerprint density at radius 3 is 2.71 bits per heavy atom. The molecule has 0 spiro atoms. The lowest BCUT2D eigenvalue weighted by Crippen LogP contribution is -2.29. The van der Waals surface area contributed by atoms with Gasteiger partial charge in [0, 0.05) is 19.5 Å². The van der Waals surface area contributed by atoms with Crippen molar-refractivity contribution in [1.82, 2.24) is 5.32 Å². The highest BCUT2D eigenvalue weighted by atomic mass is 16.4. The van der Waals surface area contributed by atoms with E-state index in [4.69, 9.17) is 10.9 Å². The highest BCUT2D eigenvalue weighted by molar-refractivity contribution is 5.80. The average molecular weight is 197 g/mol. The molecule has 0 heterocycles. The molecule has 0 atom stereocenters. The van der Waals surface area contributed by atoms with Gasteiger partial charge in [0.05, 0.1) is 0 Å². The van der Waals surface area contributed by atoms with Crippen molar-refractivity contribution in [3.8, 4) is 0 Å². The van der Waals surface area contributed by atoms with Crippen LogP contribution in [0.2, 0.25) is 0 Å². The Bertz CT molecular complexity index is 244. The van der Waals surface area contributed by atoms with Gasteiger partial charge in [-0.3, -0.25) is 0 Å². The predicted octanol–water partition coefficient (Wildman–Crippen LogP) is 1.07. The SMILES string of the molecule is C=C(C)CNCC1(CC(N)=NO)CC1. The van der Waals surface area contributed by atoms with Gasteiger partial charge < -0.3 is 16.3 Å². The molecule has 1 rings (SSSR count). The first-order valence-electron chi connectivity index (χ1n) is 4.89. The van der Waals surface area contributed by atoms with E-state index in [0.717, 1.165) is 31.5 Å². The maximum absolute atomic E-state index is 8.47. The summed E-state index contributed by atoms with van der Waals surface area (Å²) in [6.45, 7) is 7.59. The van der Waals surface area contributed by atoms with E-state index in [-0.39, 0.29) is 5.41 Å². The molecule has 0 aliphatic heterocycles. The summed E-state index contributed by atoms with van der Waals surface area (Å²) in [4.78, 5) is 0. The average Bonchev–Trinajstić information content (AvgIpc) is 2.84. The van der Waals surface area contributed by atoms with E-state index in [0.29, 0.717) is 12.3 Å². The second-order valence-corrected chi connectivity index (χ2v) is 4.33. The van der Waals surface area contributed by atoms with Crippen molar-refractivity contribution < 1.29 is 5.21 Å². The van der Waals surface area contributed by atoms with Gasteiger partial charge in [-0.1, -0.05) is 17.3 Å². The minimum absolute atomic E-state index is 0.242. The summed E-state index contributed by atoms with van der Waals surface area (Å²) in [6, 6.07) is 0. The van der Waals surface area contributed by atoms with E-state index < -0.39 is 0 Å². The molecule has 1 aliphatic rings. The molecule has 1 aliphatic carbocycles. The first-order chi connectivity index (χ1) is 6.58. The second kappa shape index (κ2) is 4.46. The Balaban J connectivity index is 2.25. The van der Waals surface area contributed by atoms with Crippen LogP contribution >= 0.6 is 0 Å². The van der Waals surface area contributed by atoms with E-state index in [1.807, 2.05) is 6.92 Å². The number of hydrogen-bond donors (Lipinski definition) is 3. The monoisotopic (exact) mass is 197 g/mol. The van der Waals surface area contributed by atoms with Crippen LogP contribution in [0.4, 0.5) is 0 Å². The second-order valence-electron chi connectivity index (χ2n) is 4.33. The molecular formula is C10H19N3O. The molecule has 1 fully saturated rings. The molecule has 4 N–H and O–H groups in total. The Morgan fingerprint density at radius 1 is 1.64 bits per heavy atom. The van der Waals surface area contributed by atoms with Crippen molar-refractivity contribution >= 4 is 5.84 Å². The van der Waals surface area contributed by atoms with Gasteiger partial charge in [-0.2, -0.15) is 0 Å². The molecule has 0 amide bonds. The Hall–Kier alpha value is -1.03. The standard InChI is InChI=1S/C10H19N3O/c1-8(2)6-12-7-10(3-4-10)5-9(11)13-14/h12,14H,1,3-7H2,2H3,(H2,11,13). The first-order valence-corrected chi connectivity index (χ1v) is 4.89. The minimum atomic E-state index is 0.242. The minimum Gasteiger partial charge on any atom is -0.409 e. The summed E-state index contributed by atoms with van der Waals surface area (Å²) in [6.07, 6.45) is 3.01. The molecule has 14 heavy (non-hydrogen) atoms. The van der Waals surface area contributed by atoms with Crippen LogP contribution < -0.4 is 11.1 Å². The van der Waals surface area contributed by atoms with E-state index >= 15 is 0 Å². The fourth-order valence-corrected chi connectivity index (χ4v) is 1.55. The smallest absolute Gasteiger partial charge is 0.139 e.